The van der Waals surface area contributed by atoms with E-state index in [0.717, 1.165) is 6.42 Å². The van der Waals surface area contributed by atoms with E-state index in [1.807, 2.05) is 18.7 Å². The Morgan fingerprint density at radius 2 is 2.46 bits per heavy atom. The van der Waals surface area contributed by atoms with Crippen molar-refractivity contribution in [1.82, 2.24) is 5.32 Å². The molecule has 0 amide bonds. The molecule has 3 nitrogen and oxygen atoms in total. The molecule has 1 heterocycles. The highest BCUT2D eigenvalue weighted by Gasteiger charge is 2.23. The molecule has 0 aromatic heterocycles. The summed E-state index contributed by atoms with van der Waals surface area (Å²) in [6.07, 6.45) is 1.16. The molecule has 0 aliphatic carbocycles. The van der Waals surface area contributed by atoms with E-state index in [9.17, 15) is 4.79 Å². The minimum Gasteiger partial charge on any atom is -0.465 e. The molecule has 1 saturated heterocycles. The third-order valence-corrected chi connectivity index (χ3v) is 3.52. The van der Waals surface area contributed by atoms with Gasteiger partial charge in [0.05, 0.1) is 13.2 Å². The molecule has 76 valence electrons. The van der Waals surface area contributed by atoms with E-state index in [-0.39, 0.29) is 5.97 Å². The van der Waals surface area contributed by atoms with Crippen molar-refractivity contribution in [2.75, 3.05) is 18.9 Å². The Morgan fingerprint density at radius 1 is 1.69 bits per heavy atom. The lowest BCUT2D eigenvalue weighted by molar-refractivity contribution is -0.142. The van der Waals surface area contributed by atoms with Gasteiger partial charge in [0.1, 0.15) is 0 Å². The van der Waals surface area contributed by atoms with Gasteiger partial charge in [-0.1, -0.05) is 6.92 Å². The van der Waals surface area contributed by atoms with Gasteiger partial charge in [-0.15, -0.1) is 0 Å². The smallest absolute Gasteiger partial charge is 0.319 e. The molecule has 1 N–H and O–H groups in total. The fraction of sp³-hybridized carbons (Fsp3) is 0.889. The van der Waals surface area contributed by atoms with Gasteiger partial charge in [0.15, 0.2) is 0 Å². The quantitative estimate of drug-likeness (QED) is 0.693. The van der Waals surface area contributed by atoms with Crippen molar-refractivity contribution in [3.63, 3.8) is 0 Å². The van der Waals surface area contributed by atoms with Crippen LogP contribution in [0.4, 0.5) is 0 Å². The predicted molar refractivity (Wildman–Crippen MR) is 55.0 cm³/mol. The number of thioether (sulfide) groups is 1. The molecule has 2 atom stereocenters. The van der Waals surface area contributed by atoms with Crippen LogP contribution in [0.1, 0.15) is 20.3 Å². The number of carbonyl (C=O) groups is 1. The Morgan fingerprint density at radius 3 is 3.00 bits per heavy atom. The zero-order valence-corrected chi connectivity index (χ0v) is 9.02. The van der Waals surface area contributed by atoms with E-state index in [4.69, 9.17) is 4.74 Å². The van der Waals surface area contributed by atoms with Crippen LogP contribution in [0.2, 0.25) is 0 Å². The van der Waals surface area contributed by atoms with Crippen LogP contribution in [0.15, 0.2) is 0 Å². The van der Waals surface area contributed by atoms with E-state index in [1.165, 1.54) is 5.75 Å². The SMILES string of the molecule is CCOC(=O)CNC1CCSC1C. The number of nitrogens with one attached hydrogen (secondary N) is 1. The number of hydrogen-bond acceptors (Lipinski definition) is 4. The van der Waals surface area contributed by atoms with Crippen LogP contribution >= 0.6 is 11.8 Å². The van der Waals surface area contributed by atoms with E-state index < -0.39 is 0 Å². The average Bonchev–Trinajstić information content (AvgIpc) is 2.48. The molecule has 1 aliphatic rings. The topological polar surface area (TPSA) is 38.3 Å². The molecule has 1 aliphatic heterocycles. The van der Waals surface area contributed by atoms with Crippen LogP contribution in [0, 0.1) is 0 Å². The molecular weight excluding hydrogens is 186 g/mol. The minimum absolute atomic E-state index is 0.147. The molecule has 4 heteroatoms. The maximum Gasteiger partial charge on any atom is 0.319 e. The maximum absolute atomic E-state index is 11.0. The van der Waals surface area contributed by atoms with Crippen LogP contribution in [0.5, 0.6) is 0 Å². The van der Waals surface area contributed by atoms with Crippen molar-refractivity contribution in [3.05, 3.63) is 0 Å². The summed E-state index contributed by atoms with van der Waals surface area (Å²) in [6.45, 7) is 4.84. The second-order valence-corrected chi connectivity index (χ2v) is 4.64. The largest absolute Gasteiger partial charge is 0.465 e. The fourth-order valence-corrected chi connectivity index (χ4v) is 2.65. The van der Waals surface area contributed by atoms with E-state index >= 15 is 0 Å². The van der Waals surface area contributed by atoms with Gasteiger partial charge in [-0.05, 0) is 19.1 Å². The summed E-state index contributed by atoms with van der Waals surface area (Å²) in [5, 5.41) is 3.84. The number of rotatable bonds is 4. The lowest BCUT2D eigenvalue weighted by atomic mass is 10.2. The van der Waals surface area contributed by atoms with Gasteiger partial charge < -0.3 is 10.1 Å². The van der Waals surface area contributed by atoms with Crippen LogP contribution in [0.25, 0.3) is 0 Å². The van der Waals surface area contributed by atoms with Gasteiger partial charge in [-0.25, -0.2) is 0 Å². The Bertz CT molecular complexity index is 175. The highest BCUT2D eigenvalue weighted by molar-refractivity contribution is 8.00. The molecule has 13 heavy (non-hydrogen) atoms. The fourth-order valence-electron chi connectivity index (χ4n) is 1.43. The van der Waals surface area contributed by atoms with Crippen LogP contribution in [-0.4, -0.2) is 36.2 Å². The summed E-state index contributed by atoms with van der Waals surface area (Å²) in [6, 6.07) is 0.481. The van der Waals surface area contributed by atoms with Crippen molar-refractivity contribution in [2.45, 2.75) is 31.6 Å². The van der Waals surface area contributed by atoms with Crippen molar-refractivity contribution in [3.8, 4) is 0 Å². The predicted octanol–water partition coefficient (Wildman–Crippen LogP) is 1.03. The molecule has 1 rings (SSSR count). The summed E-state index contributed by atoms with van der Waals surface area (Å²) in [5.74, 6) is 1.05. The molecular formula is C9H17NO2S. The van der Waals surface area contributed by atoms with Gasteiger partial charge >= 0.3 is 5.97 Å². The normalized spacial score (nSPS) is 27.5. The highest BCUT2D eigenvalue weighted by Crippen LogP contribution is 2.25. The zero-order valence-electron chi connectivity index (χ0n) is 8.21. The van der Waals surface area contributed by atoms with E-state index in [1.54, 1.807) is 0 Å². The zero-order chi connectivity index (χ0) is 9.68. The first-order valence-electron chi connectivity index (χ1n) is 4.74. The average molecular weight is 203 g/mol. The standard InChI is InChI=1S/C9H17NO2S/c1-3-12-9(11)6-10-8-4-5-13-7(8)2/h7-8,10H,3-6H2,1-2H3. The molecule has 0 radical (unpaired) electrons. The summed E-state index contributed by atoms with van der Waals surface area (Å²) in [4.78, 5) is 11.0. The summed E-state index contributed by atoms with van der Waals surface area (Å²) in [5.41, 5.74) is 0. The van der Waals surface area contributed by atoms with Gasteiger partial charge in [0.2, 0.25) is 0 Å². The first-order valence-corrected chi connectivity index (χ1v) is 5.79. The van der Waals surface area contributed by atoms with Gasteiger partial charge in [-0.3, -0.25) is 4.79 Å². The Kier molecular flexibility index (Phi) is 4.59. The minimum atomic E-state index is -0.147. The molecule has 0 bridgehead atoms. The van der Waals surface area contributed by atoms with Crippen molar-refractivity contribution in [1.29, 1.82) is 0 Å². The van der Waals surface area contributed by atoms with Crippen LogP contribution in [-0.2, 0) is 9.53 Å². The number of esters is 1. The Labute approximate surface area is 83.6 Å². The Balaban J connectivity index is 2.14. The number of ether oxygens (including phenoxy) is 1. The molecule has 0 spiro atoms. The molecule has 0 aromatic carbocycles. The van der Waals surface area contributed by atoms with Crippen LogP contribution in [0.3, 0.4) is 0 Å². The maximum atomic E-state index is 11.0. The number of carbonyl (C=O) groups excluding carboxylic acids is 1. The Hall–Kier alpha value is -0.220. The lowest BCUT2D eigenvalue weighted by Crippen LogP contribution is -2.37. The first-order chi connectivity index (χ1) is 6.24. The summed E-state index contributed by atoms with van der Waals surface area (Å²) in [7, 11) is 0. The molecule has 1 fully saturated rings. The lowest BCUT2D eigenvalue weighted by Gasteiger charge is -2.15. The second-order valence-electron chi connectivity index (χ2n) is 3.16. The third-order valence-electron chi connectivity index (χ3n) is 2.19. The van der Waals surface area contributed by atoms with Gasteiger partial charge in [0.25, 0.3) is 0 Å². The first kappa shape index (κ1) is 10.9. The van der Waals surface area contributed by atoms with Crippen molar-refractivity contribution >= 4 is 17.7 Å². The van der Waals surface area contributed by atoms with Gasteiger partial charge in [-0.2, -0.15) is 11.8 Å². The molecule has 2 unspecified atom stereocenters. The highest BCUT2D eigenvalue weighted by atomic mass is 32.2. The second kappa shape index (κ2) is 5.50. The van der Waals surface area contributed by atoms with Crippen molar-refractivity contribution < 1.29 is 9.53 Å². The third kappa shape index (κ3) is 3.56. The van der Waals surface area contributed by atoms with E-state index in [0.29, 0.717) is 24.4 Å². The summed E-state index contributed by atoms with van der Waals surface area (Å²) < 4.78 is 4.83. The molecule has 0 saturated carbocycles. The van der Waals surface area contributed by atoms with Crippen LogP contribution < -0.4 is 5.32 Å². The summed E-state index contributed by atoms with van der Waals surface area (Å²) >= 11 is 1.96. The monoisotopic (exact) mass is 203 g/mol. The number of hydrogen-bond donors (Lipinski definition) is 1. The molecule has 0 aromatic rings. The van der Waals surface area contributed by atoms with Crippen molar-refractivity contribution in [2.24, 2.45) is 0 Å². The van der Waals surface area contributed by atoms with E-state index in [2.05, 4.69) is 12.2 Å². The van der Waals surface area contributed by atoms with Gasteiger partial charge in [0, 0.05) is 11.3 Å².